The monoisotopic (exact) mass is 521 g/mol. The van der Waals surface area contributed by atoms with E-state index >= 15 is 0 Å². The molecule has 2 heterocycles. The summed E-state index contributed by atoms with van der Waals surface area (Å²) in [5, 5.41) is 2.72. The Morgan fingerprint density at radius 3 is 2.43 bits per heavy atom. The first kappa shape index (κ1) is 25.9. The van der Waals surface area contributed by atoms with Crippen molar-refractivity contribution in [2.45, 2.75) is 26.8 Å². The van der Waals surface area contributed by atoms with Crippen LogP contribution in [0.1, 0.15) is 37.9 Å². The van der Waals surface area contributed by atoms with Crippen LogP contribution in [0.4, 0.5) is 5.69 Å². The number of amides is 1. The number of benzene rings is 2. The Labute approximate surface area is 217 Å². The Morgan fingerprint density at radius 1 is 1.08 bits per heavy atom. The molecule has 1 amide bonds. The third kappa shape index (κ3) is 5.49. The molecule has 0 bridgehead atoms. The predicted octanol–water partition coefficient (Wildman–Crippen LogP) is 2.77. The fraction of sp³-hybridized carbons (Fsp3) is 0.259. The Kier molecular flexibility index (Phi) is 7.88. The van der Waals surface area contributed by atoms with Gasteiger partial charge in [0.25, 0.3) is 5.56 Å². The first-order chi connectivity index (χ1) is 17.9. The highest BCUT2D eigenvalue weighted by Gasteiger charge is 2.31. The normalized spacial score (nSPS) is 14.8. The highest BCUT2D eigenvalue weighted by molar-refractivity contribution is 7.07. The fourth-order valence-corrected chi connectivity index (χ4v) is 4.97. The zero-order valence-corrected chi connectivity index (χ0v) is 21.8. The zero-order chi connectivity index (χ0) is 26.5. The van der Waals surface area contributed by atoms with E-state index in [-0.39, 0.29) is 17.0 Å². The molecule has 0 saturated heterocycles. The van der Waals surface area contributed by atoms with Gasteiger partial charge in [-0.25, -0.2) is 9.79 Å². The molecule has 0 unspecified atom stereocenters. The van der Waals surface area contributed by atoms with Gasteiger partial charge in [-0.05, 0) is 55.3 Å². The Bertz CT molecular complexity index is 1540. The average molecular weight is 522 g/mol. The third-order valence-corrected chi connectivity index (χ3v) is 6.53. The zero-order valence-electron chi connectivity index (χ0n) is 20.9. The minimum absolute atomic E-state index is 0.163. The van der Waals surface area contributed by atoms with Gasteiger partial charge in [0, 0.05) is 18.8 Å². The van der Waals surface area contributed by atoms with E-state index in [9.17, 15) is 14.4 Å². The van der Waals surface area contributed by atoms with E-state index in [1.165, 1.54) is 36.1 Å². The lowest BCUT2D eigenvalue weighted by molar-refractivity contribution is -0.136. The SMILES string of the molecule is CCOc1ccc([C@H]2C(C(=O)OC)=CN=c3s/c(=C\c4ccc(NC(C)=O)cc4)c(=O)n32)cc1OCC. The van der Waals surface area contributed by atoms with Gasteiger partial charge in [-0.1, -0.05) is 29.5 Å². The number of ether oxygens (including phenoxy) is 3. The van der Waals surface area contributed by atoms with Gasteiger partial charge in [-0.3, -0.25) is 14.2 Å². The minimum atomic E-state index is -0.761. The lowest BCUT2D eigenvalue weighted by atomic mass is 9.97. The smallest absolute Gasteiger partial charge is 0.337 e. The molecule has 37 heavy (non-hydrogen) atoms. The van der Waals surface area contributed by atoms with E-state index in [4.69, 9.17) is 14.2 Å². The van der Waals surface area contributed by atoms with Crippen molar-refractivity contribution < 1.29 is 23.8 Å². The first-order valence-electron chi connectivity index (χ1n) is 11.7. The number of anilines is 1. The number of nitrogens with one attached hydrogen (secondary N) is 1. The van der Waals surface area contributed by atoms with Crippen LogP contribution < -0.4 is 29.7 Å². The number of rotatable bonds is 8. The molecule has 1 atom stereocenters. The van der Waals surface area contributed by atoms with E-state index in [0.717, 1.165) is 5.56 Å². The van der Waals surface area contributed by atoms with Crippen molar-refractivity contribution in [2.24, 2.45) is 4.99 Å². The van der Waals surface area contributed by atoms with E-state index in [1.807, 2.05) is 26.0 Å². The summed E-state index contributed by atoms with van der Waals surface area (Å²) in [6.45, 7) is 6.08. The fourth-order valence-electron chi connectivity index (χ4n) is 4.00. The standard InChI is InChI=1S/C27H27N3O6S/c1-5-35-21-12-9-18(14-22(21)36-6-2)24-20(26(33)34-4)15-28-27-30(24)25(32)23(37-27)13-17-7-10-19(11-8-17)29-16(3)31/h7-15,24H,5-6H2,1-4H3,(H,29,31)/b23-13-/t24-/m0/s1. The summed E-state index contributed by atoms with van der Waals surface area (Å²) in [6.07, 6.45) is 3.20. The van der Waals surface area contributed by atoms with Gasteiger partial charge < -0.3 is 19.5 Å². The summed E-state index contributed by atoms with van der Waals surface area (Å²) in [6, 6.07) is 11.7. The lowest BCUT2D eigenvalue weighted by Gasteiger charge is -2.23. The molecule has 1 aliphatic rings. The molecular weight excluding hydrogens is 494 g/mol. The number of carbonyl (C=O) groups excluding carboxylic acids is 2. The molecule has 0 fully saturated rings. The molecule has 9 nitrogen and oxygen atoms in total. The molecular formula is C27H27N3O6S. The second-order valence-electron chi connectivity index (χ2n) is 8.05. The van der Waals surface area contributed by atoms with Crippen LogP contribution in [-0.2, 0) is 14.3 Å². The van der Waals surface area contributed by atoms with Crippen molar-refractivity contribution in [1.82, 2.24) is 4.57 Å². The van der Waals surface area contributed by atoms with Crippen molar-refractivity contribution >= 4 is 35.0 Å². The summed E-state index contributed by atoms with van der Waals surface area (Å²) >= 11 is 1.22. The van der Waals surface area contributed by atoms with Crippen LogP contribution in [0.25, 0.3) is 6.08 Å². The number of hydrogen-bond donors (Lipinski definition) is 1. The largest absolute Gasteiger partial charge is 0.490 e. The van der Waals surface area contributed by atoms with E-state index < -0.39 is 12.0 Å². The number of esters is 1. The van der Waals surface area contributed by atoms with E-state index in [2.05, 4.69) is 10.3 Å². The maximum absolute atomic E-state index is 13.6. The number of carbonyl (C=O) groups is 2. The number of methoxy groups -OCH3 is 1. The van der Waals surface area contributed by atoms with Crippen molar-refractivity contribution in [3.8, 4) is 11.5 Å². The number of nitrogens with zero attached hydrogens (tertiary/aromatic N) is 2. The second-order valence-corrected chi connectivity index (χ2v) is 9.06. The molecule has 1 aliphatic heterocycles. The Hall–Kier alpha value is -4.18. The van der Waals surface area contributed by atoms with Crippen molar-refractivity contribution in [3.05, 3.63) is 85.1 Å². The Morgan fingerprint density at radius 2 is 1.78 bits per heavy atom. The Balaban J connectivity index is 1.83. The maximum atomic E-state index is 13.6. The molecule has 2 aromatic carbocycles. The van der Waals surface area contributed by atoms with Gasteiger partial charge in [-0.2, -0.15) is 0 Å². The van der Waals surface area contributed by atoms with Crippen LogP contribution in [0, 0.1) is 0 Å². The molecule has 1 N–H and O–H groups in total. The third-order valence-electron chi connectivity index (χ3n) is 5.54. The molecule has 0 spiro atoms. The molecule has 0 radical (unpaired) electrons. The summed E-state index contributed by atoms with van der Waals surface area (Å²) in [5.41, 5.74) is 2.04. The quantitative estimate of drug-likeness (QED) is 0.457. The molecule has 10 heteroatoms. The molecule has 1 aromatic heterocycles. The van der Waals surface area contributed by atoms with Gasteiger partial charge >= 0.3 is 5.97 Å². The maximum Gasteiger partial charge on any atom is 0.337 e. The van der Waals surface area contributed by atoms with Crippen molar-refractivity contribution in [3.63, 3.8) is 0 Å². The lowest BCUT2D eigenvalue weighted by Crippen LogP contribution is -2.39. The summed E-state index contributed by atoms with van der Waals surface area (Å²) in [7, 11) is 1.29. The van der Waals surface area contributed by atoms with Crippen molar-refractivity contribution in [2.75, 3.05) is 25.6 Å². The molecule has 192 valence electrons. The average Bonchev–Trinajstić information content (AvgIpc) is 3.20. The summed E-state index contributed by atoms with van der Waals surface area (Å²) in [5.74, 6) is 0.351. The van der Waals surface area contributed by atoms with E-state index in [0.29, 0.717) is 45.3 Å². The number of thiazole rings is 1. The van der Waals surface area contributed by atoms with Crippen LogP contribution in [0.2, 0.25) is 0 Å². The number of fused-ring (bicyclic) bond motifs is 1. The minimum Gasteiger partial charge on any atom is -0.490 e. The molecule has 3 aromatic rings. The molecule has 0 saturated carbocycles. The van der Waals surface area contributed by atoms with Crippen LogP contribution in [0.3, 0.4) is 0 Å². The van der Waals surface area contributed by atoms with Gasteiger partial charge in [-0.15, -0.1) is 0 Å². The topological polar surface area (TPSA) is 108 Å². The van der Waals surface area contributed by atoms with Gasteiger partial charge in [0.05, 0.1) is 36.5 Å². The summed E-state index contributed by atoms with van der Waals surface area (Å²) < 4.78 is 18.4. The van der Waals surface area contributed by atoms with Crippen LogP contribution in [-0.4, -0.2) is 36.8 Å². The van der Waals surface area contributed by atoms with Crippen LogP contribution in [0.15, 0.2) is 64.0 Å². The van der Waals surface area contributed by atoms with E-state index in [1.54, 1.807) is 36.4 Å². The van der Waals surface area contributed by atoms with Crippen molar-refractivity contribution in [1.29, 1.82) is 0 Å². The highest BCUT2D eigenvalue weighted by atomic mass is 32.1. The van der Waals surface area contributed by atoms with Gasteiger partial charge in [0.2, 0.25) is 5.91 Å². The molecule has 4 rings (SSSR count). The highest BCUT2D eigenvalue weighted by Crippen LogP contribution is 2.35. The number of hydrogen-bond acceptors (Lipinski definition) is 8. The van der Waals surface area contributed by atoms with Gasteiger partial charge in [0.1, 0.15) is 0 Å². The first-order valence-corrected chi connectivity index (χ1v) is 12.5. The number of aromatic nitrogens is 1. The van der Waals surface area contributed by atoms with Crippen LogP contribution in [0.5, 0.6) is 11.5 Å². The predicted molar refractivity (Wildman–Crippen MR) is 141 cm³/mol. The molecule has 0 aliphatic carbocycles. The summed E-state index contributed by atoms with van der Waals surface area (Å²) in [4.78, 5) is 42.5. The second kappa shape index (κ2) is 11.3. The van der Waals surface area contributed by atoms with Gasteiger partial charge in [0.15, 0.2) is 16.3 Å². The van der Waals surface area contributed by atoms with Crippen LogP contribution >= 0.6 is 11.3 Å².